The molecule has 12 heteroatoms. The molecule has 0 heterocycles. The summed E-state index contributed by atoms with van der Waals surface area (Å²) in [4.78, 5) is 4.42. The van der Waals surface area contributed by atoms with Gasteiger partial charge in [0, 0.05) is 12.6 Å². The fourth-order valence-corrected chi connectivity index (χ4v) is 4.20. The van der Waals surface area contributed by atoms with E-state index in [1.807, 2.05) is 6.92 Å². The smallest absolute Gasteiger partial charge is 0.411 e. The van der Waals surface area contributed by atoms with Crippen LogP contribution in [-0.4, -0.2) is 51.4 Å². The number of hydrogen-bond acceptors (Lipinski definition) is 5. The maximum Gasteiger partial charge on any atom is 0.411 e. The summed E-state index contributed by atoms with van der Waals surface area (Å²) in [5.74, 6) is 0.251. The van der Waals surface area contributed by atoms with Gasteiger partial charge in [-0.05, 0) is 36.6 Å². The summed E-state index contributed by atoms with van der Waals surface area (Å²) in [6.07, 6.45) is -2.64. The minimum atomic E-state index is -4.49. The number of nitrogens with two attached hydrogens (primary N) is 1. The van der Waals surface area contributed by atoms with Gasteiger partial charge in [0.05, 0.1) is 22.4 Å². The highest BCUT2D eigenvalue weighted by Crippen LogP contribution is 2.31. The van der Waals surface area contributed by atoms with Crippen molar-refractivity contribution in [1.82, 2.24) is 0 Å². The molecule has 0 aromatic heterocycles. The third kappa shape index (κ3) is 8.27. The molecule has 2 unspecified atom stereocenters. The lowest BCUT2D eigenvalue weighted by atomic mass is 9.94. The fourth-order valence-electron chi connectivity index (χ4n) is 2.93. The number of aliphatic imine (C=N–C) groups is 1. The van der Waals surface area contributed by atoms with E-state index in [0.717, 1.165) is 12.8 Å². The van der Waals surface area contributed by atoms with Gasteiger partial charge in [0.2, 0.25) is 10.0 Å². The SMILES string of the molecule is CCCCN=C1C=C(COCC(F)(F)F)CC(S(N)(=O)=O)C1Oc1ccc(Cl)c(Cl)c1. The zero-order valence-electron chi connectivity index (χ0n) is 16.7. The second-order valence-corrected chi connectivity index (χ2v) is 9.61. The number of rotatable bonds is 9. The molecule has 0 saturated carbocycles. The highest BCUT2D eigenvalue weighted by molar-refractivity contribution is 7.89. The van der Waals surface area contributed by atoms with Crippen molar-refractivity contribution in [1.29, 1.82) is 0 Å². The number of primary sulfonamides is 1. The molecule has 0 radical (unpaired) electrons. The van der Waals surface area contributed by atoms with Gasteiger partial charge >= 0.3 is 6.18 Å². The number of alkyl halides is 3. The molecule has 2 atom stereocenters. The van der Waals surface area contributed by atoms with Gasteiger partial charge in [0.15, 0.2) is 6.10 Å². The molecule has 0 fully saturated rings. The molecule has 1 aromatic carbocycles. The summed E-state index contributed by atoms with van der Waals surface area (Å²) in [6, 6.07) is 4.44. The Labute approximate surface area is 189 Å². The average molecular weight is 503 g/mol. The van der Waals surface area contributed by atoms with E-state index < -0.39 is 40.8 Å². The average Bonchev–Trinajstić information content (AvgIpc) is 2.64. The minimum absolute atomic E-state index is 0.157. The Morgan fingerprint density at radius 3 is 2.55 bits per heavy atom. The van der Waals surface area contributed by atoms with Crippen LogP contribution in [-0.2, 0) is 14.8 Å². The predicted molar refractivity (Wildman–Crippen MR) is 115 cm³/mol. The van der Waals surface area contributed by atoms with Gasteiger partial charge in [-0.2, -0.15) is 13.2 Å². The monoisotopic (exact) mass is 502 g/mol. The van der Waals surface area contributed by atoms with E-state index in [9.17, 15) is 21.6 Å². The summed E-state index contributed by atoms with van der Waals surface area (Å²) in [6.45, 7) is 0.495. The van der Waals surface area contributed by atoms with Crippen molar-refractivity contribution < 1.29 is 31.1 Å². The molecule has 2 rings (SSSR count). The standard InChI is InChI=1S/C19H23Cl2F3N2O4S/c1-2-3-6-26-16-7-12(10-29-11-19(22,23)24)8-17(31(25,27)28)18(16)30-13-4-5-14(20)15(21)9-13/h4-5,7,9,17-18H,2-3,6,8,10-11H2,1H3,(H2,25,27,28). The van der Waals surface area contributed by atoms with Crippen LogP contribution in [0.25, 0.3) is 0 Å². The summed E-state index contributed by atoms with van der Waals surface area (Å²) in [5.41, 5.74) is 0.586. The van der Waals surface area contributed by atoms with Gasteiger partial charge in [0.1, 0.15) is 17.6 Å². The van der Waals surface area contributed by atoms with Gasteiger partial charge in [-0.15, -0.1) is 0 Å². The number of ether oxygens (including phenoxy) is 2. The molecule has 1 aromatic rings. The molecule has 0 bridgehead atoms. The van der Waals surface area contributed by atoms with Crippen LogP contribution in [0.5, 0.6) is 5.75 Å². The number of sulfonamides is 1. The number of nitrogens with zero attached hydrogens (tertiary/aromatic N) is 1. The second kappa shape index (κ2) is 11.0. The molecule has 1 aliphatic carbocycles. The first kappa shape index (κ1) is 25.9. The molecule has 0 spiro atoms. The molecular formula is C19H23Cl2F3N2O4S. The fraction of sp³-hybridized carbons (Fsp3) is 0.526. The van der Waals surface area contributed by atoms with Gasteiger partial charge < -0.3 is 9.47 Å². The number of hydrogen-bond donors (Lipinski definition) is 1. The Kier molecular flexibility index (Phi) is 9.20. The normalized spacial score (nSPS) is 21.3. The van der Waals surface area contributed by atoms with Crippen LogP contribution in [0.4, 0.5) is 13.2 Å². The van der Waals surface area contributed by atoms with Crippen LogP contribution in [0.2, 0.25) is 10.0 Å². The molecular weight excluding hydrogens is 480 g/mol. The van der Waals surface area contributed by atoms with Crippen molar-refractivity contribution >= 4 is 38.9 Å². The first-order valence-corrected chi connectivity index (χ1v) is 11.8. The Hall–Kier alpha value is -1.33. The second-order valence-electron chi connectivity index (χ2n) is 7.02. The molecule has 31 heavy (non-hydrogen) atoms. The van der Waals surface area contributed by atoms with E-state index in [2.05, 4.69) is 4.99 Å². The number of unbranched alkanes of at least 4 members (excludes halogenated alkanes) is 1. The Morgan fingerprint density at radius 1 is 1.26 bits per heavy atom. The summed E-state index contributed by atoms with van der Waals surface area (Å²) in [7, 11) is -4.15. The highest BCUT2D eigenvalue weighted by atomic mass is 35.5. The summed E-state index contributed by atoms with van der Waals surface area (Å²) in [5, 5.41) is 4.67. The van der Waals surface area contributed by atoms with Gasteiger partial charge in [-0.1, -0.05) is 36.5 Å². The third-order valence-electron chi connectivity index (χ3n) is 4.38. The largest absolute Gasteiger partial charge is 0.483 e. The zero-order valence-corrected chi connectivity index (χ0v) is 19.0. The lowest BCUT2D eigenvalue weighted by molar-refractivity contribution is -0.171. The van der Waals surface area contributed by atoms with E-state index in [1.165, 1.54) is 24.3 Å². The molecule has 0 amide bonds. The van der Waals surface area contributed by atoms with Gasteiger partial charge in [-0.3, -0.25) is 4.99 Å². The van der Waals surface area contributed by atoms with Crippen molar-refractivity contribution in [3.63, 3.8) is 0 Å². The van der Waals surface area contributed by atoms with Crippen LogP contribution in [0.15, 0.2) is 34.8 Å². The summed E-state index contributed by atoms with van der Waals surface area (Å²) >= 11 is 11.9. The van der Waals surface area contributed by atoms with Crippen LogP contribution < -0.4 is 9.88 Å². The highest BCUT2D eigenvalue weighted by Gasteiger charge is 2.40. The Balaban J connectivity index is 2.37. The van der Waals surface area contributed by atoms with Crippen LogP contribution in [0, 0.1) is 0 Å². The maximum absolute atomic E-state index is 12.4. The van der Waals surface area contributed by atoms with E-state index >= 15 is 0 Å². The van der Waals surface area contributed by atoms with Crippen molar-refractivity contribution in [2.24, 2.45) is 10.1 Å². The molecule has 2 N–H and O–H groups in total. The molecule has 174 valence electrons. The van der Waals surface area contributed by atoms with E-state index in [0.29, 0.717) is 17.1 Å². The number of halogens is 5. The van der Waals surface area contributed by atoms with Crippen molar-refractivity contribution in [2.45, 2.75) is 43.7 Å². The molecule has 0 aliphatic heterocycles. The molecule has 1 aliphatic rings. The molecule has 6 nitrogen and oxygen atoms in total. The first-order chi connectivity index (χ1) is 14.4. The van der Waals surface area contributed by atoms with Crippen LogP contribution in [0.1, 0.15) is 26.2 Å². The summed E-state index contributed by atoms with van der Waals surface area (Å²) < 4.78 is 72.4. The Bertz CT molecular complexity index is 937. The first-order valence-electron chi connectivity index (χ1n) is 9.42. The van der Waals surface area contributed by atoms with E-state index in [-0.39, 0.29) is 22.9 Å². The zero-order chi connectivity index (χ0) is 23.2. The van der Waals surface area contributed by atoms with Crippen LogP contribution >= 0.6 is 23.2 Å². The minimum Gasteiger partial charge on any atom is -0.483 e. The van der Waals surface area contributed by atoms with E-state index in [1.54, 1.807) is 0 Å². The van der Waals surface area contributed by atoms with Gasteiger partial charge in [0.25, 0.3) is 0 Å². The topological polar surface area (TPSA) is 91.0 Å². The van der Waals surface area contributed by atoms with E-state index in [4.69, 9.17) is 37.8 Å². The van der Waals surface area contributed by atoms with Gasteiger partial charge in [-0.25, -0.2) is 13.6 Å². The van der Waals surface area contributed by atoms with Crippen molar-refractivity contribution in [2.75, 3.05) is 19.8 Å². The lowest BCUT2D eigenvalue weighted by Gasteiger charge is -2.31. The quantitative estimate of drug-likeness (QED) is 0.501. The number of benzene rings is 1. The van der Waals surface area contributed by atoms with Crippen molar-refractivity contribution in [3.05, 3.63) is 39.9 Å². The Morgan fingerprint density at radius 2 is 1.97 bits per heavy atom. The lowest BCUT2D eigenvalue weighted by Crippen LogP contribution is -2.49. The van der Waals surface area contributed by atoms with Crippen LogP contribution in [0.3, 0.4) is 0 Å². The maximum atomic E-state index is 12.4. The van der Waals surface area contributed by atoms with Crippen molar-refractivity contribution in [3.8, 4) is 5.75 Å². The predicted octanol–water partition coefficient (Wildman–Crippen LogP) is 4.55. The molecule has 0 saturated heterocycles. The third-order valence-corrected chi connectivity index (χ3v) is 6.38.